The predicted octanol–water partition coefficient (Wildman–Crippen LogP) is 4.18. The Morgan fingerprint density at radius 1 is 0.759 bits per heavy atom. The summed E-state index contributed by atoms with van der Waals surface area (Å²) in [4.78, 5) is 15.0. The van der Waals surface area contributed by atoms with E-state index in [0.717, 1.165) is 16.7 Å². The van der Waals surface area contributed by atoms with Crippen molar-refractivity contribution in [3.63, 3.8) is 0 Å². The van der Waals surface area contributed by atoms with Gasteiger partial charge in [-0.05, 0) is 23.1 Å². The van der Waals surface area contributed by atoms with E-state index in [1.165, 1.54) is 0 Å². The summed E-state index contributed by atoms with van der Waals surface area (Å²) in [5.74, 6) is -0.310. The van der Waals surface area contributed by atoms with Crippen LogP contribution in [0.4, 0.5) is 0 Å². The number of carbonyl (C=O) groups is 1. The van der Waals surface area contributed by atoms with Crippen molar-refractivity contribution < 1.29 is 14.6 Å². The number of ether oxygens (including phenoxy) is 1. The SMILES string of the molecule is O=C(OCc1ccccc1)[C@H](CCO)N(Cc1ccccc1)Cc1ccccc1. The number of benzene rings is 3. The fourth-order valence-corrected chi connectivity index (χ4v) is 3.31. The van der Waals surface area contributed by atoms with Crippen LogP contribution in [0.25, 0.3) is 0 Å². The molecule has 29 heavy (non-hydrogen) atoms. The topological polar surface area (TPSA) is 49.8 Å². The number of nitrogens with zero attached hydrogens (tertiary/aromatic N) is 1. The Balaban J connectivity index is 1.77. The van der Waals surface area contributed by atoms with Crippen molar-refractivity contribution >= 4 is 5.97 Å². The molecule has 0 aliphatic rings. The molecule has 4 heteroatoms. The van der Waals surface area contributed by atoms with Crippen molar-refractivity contribution in [2.24, 2.45) is 0 Å². The standard InChI is InChI=1S/C25H27NO3/c27-17-16-24(25(28)29-20-23-14-8-3-9-15-23)26(18-21-10-4-1-5-11-21)19-22-12-6-2-7-13-22/h1-15,24,27H,16-20H2/t24-/m0/s1. The third-order valence-electron chi connectivity index (χ3n) is 4.80. The van der Waals surface area contributed by atoms with Crippen molar-refractivity contribution in [2.45, 2.75) is 32.2 Å². The van der Waals surface area contributed by atoms with Crippen LogP contribution in [0.15, 0.2) is 91.0 Å². The Morgan fingerprint density at radius 3 is 1.66 bits per heavy atom. The maximum atomic E-state index is 13.0. The zero-order valence-corrected chi connectivity index (χ0v) is 16.5. The number of aliphatic hydroxyl groups excluding tert-OH is 1. The van der Waals surface area contributed by atoms with E-state index in [4.69, 9.17) is 4.74 Å². The lowest BCUT2D eigenvalue weighted by atomic mass is 10.1. The molecule has 1 atom stereocenters. The average Bonchev–Trinajstić information content (AvgIpc) is 2.77. The maximum Gasteiger partial charge on any atom is 0.323 e. The smallest absolute Gasteiger partial charge is 0.323 e. The average molecular weight is 389 g/mol. The number of hydrogen-bond donors (Lipinski definition) is 1. The van der Waals surface area contributed by atoms with E-state index in [0.29, 0.717) is 19.5 Å². The fourth-order valence-electron chi connectivity index (χ4n) is 3.31. The summed E-state index contributed by atoms with van der Waals surface area (Å²) in [5, 5.41) is 9.62. The quantitative estimate of drug-likeness (QED) is 0.529. The summed E-state index contributed by atoms with van der Waals surface area (Å²) in [6.07, 6.45) is 0.327. The molecule has 0 saturated carbocycles. The molecule has 0 amide bonds. The van der Waals surface area contributed by atoms with E-state index in [2.05, 4.69) is 4.90 Å². The summed E-state index contributed by atoms with van der Waals surface area (Å²) in [5.41, 5.74) is 3.17. The van der Waals surface area contributed by atoms with Crippen LogP contribution in [0, 0.1) is 0 Å². The number of hydrogen-bond acceptors (Lipinski definition) is 4. The van der Waals surface area contributed by atoms with Crippen LogP contribution >= 0.6 is 0 Å². The number of rotatable bonds is 10. The molecule has 0 aliphatic carbocycles. The van der Waals surface area contributed by atoms with E-state index in [-0.39, 0.29) is 19.2 Å². The molecule has 0 unspecified atom stereocenters. The lowest BCUT2D eigenvalue weighted by molar-refractivity contribution is -0.152. The van der Waals surface area contributed by atoms with Crippen molar-refractivity contribution in [1.29, 1.82) is 0 Å². The van der Waals surface area contributed by atoms with Gasteiger partial charge in [0.15, 0.2) is 0 Å². The molecule has 0 aliphatic heterocycles. The Bertz CT molecular complexity index is 812. The molecule has 0 bridgehead atoms. The molecule has 0 aromatic heterocycles. The van der Waals surface area contributed by atoms with Crippen molar-refractivity contribution in [3.8, 4) is 0 Å². The molecular formula is C25H27NO3. The van der Waals surface area contributed by atoms with Crippen molar-refractivity contribution in [1.82, 2.24) is 4.90 Å². The highest BCUT2D eigenvalue weighted by Crippen LogP contribution is 2.17. The third-order valence-corrected chi connectivity index (χ3v) is 4.80. The fraction of sp³-hybridized carbons (Fsp3) is 0.240. The highest BCUT2D eigenvalue weighted by atomic mass is 16.5. The molecule has 1 N–H and O–H groups in total. The molecule has 0 radical (unpaired) electrons. The van der Waals surface area contributed by atoms with E-state index >= 15 is 0 Å². The Kier molecular flexibility index (Phi) is 7.99. The molecule has 4 nitrogen and oxygen atoms in total. The number of aliphatic hydroxyl groups is 1. The van der Waals surface area contributed by atoms with Gasteiger partial charge in [0.2, 0.25) is 0 Å². The second kappa shape index (κ2) is 11.1. The molecule has 150 valence electrons. The third kappa shape index (κ3) is 6.56. The summed E-state index contributed by atoms with van der Waals surface area (Å²) in [6, 6.07) is 29.2. The molecule has 3 rings (SSSR count). The van der Waals surface area contributed by atoms with Crippen molar-refractivity contribution in [2.75, 3.05) is 6.61 Å². The van der Waals surface area contributed by atoms with Gasteiger partial charge in [-0.25, -0.2) is 0 Å². The summed E-state index contributed by atoms with van der Waals surface area (Å²) >= 11 is 0. The van der Waals surface area contributed by atoms with Crippen LogP contribution in [0.2, 0.25) is 0 Å². The minimum absolute atomic E-state index is 0.0782. The Labute approximate surface area is 172 Å². The maximum absolute atomic E-state index is 13.0. The Morgan fingerprint density at radius 2 is 1.21 bits per heavy atom. The first-order chi connectivity index (χ1) is 14.3. The van der Waals surface area contributed by atoms with E-state index < -0.39 is 6.04 Å². The van der Waals surface area contributed by atoms with E-state index in [1.54, 1.807) is 0 Å². The van der Waals surface area contributed by atoms with Gasteiger partial charge in [-0.1, -0.05) is 91.0 Å². The van der Waals surface area contributed by atoms with Gasteiger partial charge in [0.05, 0.1) is 0 Å². The van der Waals surface area contributed by atoms with Crippen LogP contribution in [-0.4, -0.2) is 28.6 Å². The van der Waals surface area contributed by atoms with Gasteiger partial charge in [-0.2, -0.15) is 0 Å². The van der Waals surface area contributed by atoms with Crippen LogP contribution in [0.1, 0.15) is 23.1 Å². The number of esters is 1. The van der Waals surface area contributed by atoms with E-state index in [1.807, 2.05) is 91.0 Å². The predicted molar refractivity (Wildman–Crippen MR) is 114 cm³/mol. The lowest BCUT2D eigenvalue weighted by Gasteiger charge is -2.30. The first kappa shape index (κ1) is 20.8. The highest BCUT2D eigenvalue weighted by Gasteiger charge is 2.27. The summed E-state index contributed by atoms with van der Waals surface area (Å²) < 4.78 is 5.61. The minimum Gasteiger partial charge on any atom is -0.460 e. The molecule has 0 heterocycles. The molecular weight excluding hydrogens is 362 g/mol. The van der Waals surface area contributed by atoms with Gasteiger partial charge in [-0.3, -0.25) is 9.69 Å². The summed E-state index contributed by atoms with van der Waals surface area (Å²) in [6.45, 7) is 1.35. The van der Waals surface area contributed by atoms with Gasteiger partial charge in [0.25, 0.3) is 0 Å². The normalized spacial score (nSPS) is 11.9. The number of carbonyl (C=O) groups excluding carboxylic acids is 1. The van der Waals surface area contributed by atoms with Crippen LogP contribution in [0.3, 0.4) is 0 Å². The van der Waals surface area contributed by atoms with Gasteiger partial charge in [0, 0.05) is 19.7 Å². The lowest BCUT2D eigenvalue weighted by Crippen LogP contribution is -2.42. The van der Waals surface area contributed by atoms with Crippen LogP contribution in [0.5, 0.6) is 0 Å². The van der Waals surface area contributed by atoms with Gasteiger partial charge >= 0.3 is 5.97 Å². The first-order valence-corrected chi connectivity index (χ1v) is 9.89. The van der Waals surface area contributed by atoms with Gasteiger partial charge in [0.1, 0.15) is 12.6 Å². The Hall–Kier alpha value is -2.95. The molecule has 0 fully saturated rings. The zero-order valence-electron chi connectivity index (χ0n) is 16.5. The molecule has 3 aromatic carbocycles. The largest absolute Gasteiger partial charge is 0.460 e. The first-order valence-electron chi connectivity index (χ1n) is 9.89. The van der Waals surface area contributed by atoms with Crippen LogP contribution in [-0.2, 0) is 29.2 Å². The zero-order chi connectivity index (χ0) is 20.3. The monoisotopic (exact) mass is 389 g/mol. The minimum atomic E-state index is -0.524. The van der Waals surface area contributed by atoms with Gasteiger partial charge in [-0.15, -0.1) is 0 Å². The van der Waals surface area contributed by atoms with Crippen LogP contribution < -0.4 is 0 Å². The molecule has 3 aromatic rings. The summed E-state index contributed by atoms with van der Waals surface area (Å²) in [7, 11) is 0. The molecule has 0 saturated heterocycles. The second-order valence-electron chi connectivity index (χ2n) is 7.00. The van der Waals surface area contributed by atoms with Crippen molar-refractivity contribution in [3.05, 3.63) is 108 Å². The highest BCUT2D eigenvalue weighted by molar-refractivity contribution is 5.75. The van der Waals surface area contributed by atoms with Gasteiger partial charge < -0.3 is 9.84 Å². The van der Waals surface area contributed by atoms with E-state index in [9.17, 15) is 9.90 Å². The second-order valence-corrected chi connectivity index (χ2v) is 7.00. The molecule has 0 spiro atoms.